The highest BCUT2D eigenvalue weighted by atomic mass is 35.5. The van der Waals surface area contributed by atoms with Gasteiger partial charge in [0.15, 0.2) is 0 Å². The predicted molar refractivity (Wildman–Crippen MR) is 81.1 cm³/mol. The minimum absolute atomic E-state index is 0.0105. The van der Waals surface area contributed by atoms with Gasteiger partial charge in [-0.2, -0.15) is 0 Å². The van der Waals surface area contributed by atoms with Crippen molar-refractivity contribution < 1.29 is 5.11 Å². The van der Waals surface area contributed by atoms with Crippen LogP contribution in [0.2, 0.25) is 5.02 Å². The highest BCUT2D eigenvalue weighted by Crippen LogP contribution is 2.17. The Morgan fingerprint density at radius 1 is 1.24 bits per heavy atom. The summed E-state index contributed by atoms with van der Waals surface area (Å²) in [4.78, 5) is 8.42. The first-order valence-electron chi connectivity index (χ1n) is 6.64. The molecule has 1 atom stereocenters. The summed E-state index contributed by atoms with van der Waals surface area (Å²) < 4.78 is 1.92. The summed E-state index contributed by atoms with van der Waals surface area (Å²) in [6.07, 6.45) is 5.41. The smallest absolute Gasteiger partial charge is 0.233 e. The number of nitrogens with zero attached hydrogens (tertiary/aromatic N) is 3. The fraction of sp³-hybridized carbons (Fsp3) is 0.200. The van der Waals surface area contributed by atoms with Crippen molar-refractivity contribution in [2.45, 2.75) is 12.6 Å². The number of halogens is 1. The Balaban J connectivity index is 1.74. The van der Waals surface area contributed by atoms with Crippen LogP contribution in [0.3, 0.4) is 0 Å². The number of aliphatic hydroxyl groups is 1. The molecule has 0 fully saturated rings. The zero-order chi connectivity index (χ0) is 14.7. The third-order valence-corrected chi connectivity index (χ3v) is 3.60. The highest BCUT2D eigenvalue weighted by molar-refractivity contribution is 6.30. The molecular weight excluding hydrogens is 288 g/mol. The zero-order valence-electron chi connectivity index (χ0n) is 11.3. The predicted octanol–water partition coefficient (Wildman–Crippen LogP) is 2.21. The van der Waals surface area contributed by atoms with Crippen LogP contribution in [0.25, 0.3) is 5.78 Å². The zero-order valence-corrected chi connectivity index (χ0v) is 12.0. The summed E-state index contributed by atoms with van der Waals surface area (Å²) in [7, 11) is 0. The first-order chi connectivity index (χ1) is 10.3. The molecule has 0 amide bonds. The van der Waals surface area contributed by atoms with Crippen LogP contribution in [-0.4, -0.2) is 26.1 Å². The number of hydrogen-bond donors (Lipinski definition) is 2. The standard InChI is InChI=1S/C15H15ClN4O/c16-12-4-2-11(3-5-12)14(10-21)18-8-13-9-19-15-17-6-1-7-20(13)15/h1-7,9,14,18,21H,8,10H2. The molecular formula is C15H15ClN4O. The summed E-state index contributed by atoms with van der Waals surface area (Å²) in [5, 5.41) is 13.6. The maximum atomic E-state index is 9.56. The van der Waals surface area contributed by atoms with Gasteiger partial charge in [0, 0.05) is 24.0 Å². The van der Waals surface area contributed by atoms with Crippen molar-refractivity contribution in [3.8, 4) is 0 Å². The summed E-state index contributed by atoms with van der Waals surface area (Å²) >= 11 is 5.88. The maximum absolute atomic E-state index is 9.56. The quantitative estimate of drug-likeness (QED) is 0.758. The number of nitrogens with one attached hydrogen (secondary N) is 1. The molecule has 0 bridgehead atoms. The lowest BCUT2D eigenvalue weighted by molar-refractivity contribution is 0.243. The molecule has 21 heavy (non-hydrogen) atoms. The van der Waals surface area contributed by atoms with E-state index in [1.54, 1.807) is 12.4 Å². The van der Waals surface area contributed by atoms with Crippen LogP contribution in [0.5, 0.6) is 0 Å². The van der Waals surface area contributed by atoms with Crippen LogP contribution in [0.1, 0.15) is 17.3 Å². The van der Waals surface area contributed by atoms with Crippen molar-refractivity contribution in [3.63, 3.8) is 0 Å². The molecule has 0 saturated carbocycles. The first kappa shape index (κ1) is 14.0. The van der Waals surface area contributed by atoms with E-state index in [0.717, 1.165) is 11.3 Å². The number of hydrogen-bond acceptors (Lipinski definition) is 4. The second-order valence-corrected chi connectivity index (χ2v) is 5.14. The monoisotopic (exact) mass is 302 g/mol. The van der Waals surface area contributed by atoms with E-state index in [-0.39, 0.29) is 12.6 Å². The van der Waals surface area contributed by atoms with Gasteiger partial charge in [0.25, 0.3) is 0 Å². The van der Waals surface area contributed by atoms with Gasteiger partial charge in [-0.15, -0.1) is 0 Å². The molecule has 2 N–H and O–H groups in total. The molecule has 0 radical (unpaired) electrons. The average Bonchev–Trinajstić information content (AvgIpc) is 2.93. The second-order valence-electron chi connectivity index (χ2n) is 4.71. The molecule has 6 heteroatoms. The molecule has 0 aliphatic rings. The second kappa shape index (κ2) is 6.22. The van der Waals surface area contributed by atoms with Crippen LogP contribution in [0.15, 0.2) is 48.9 Å². The number of fused-ring (bicyclic) bond motifs is 1. The number of aromatic nitrogens is 3. The molecule has 0 saturated heterocycles. The van der Waals surface area contributed by atoms with Crippen LogP contribution < -0.4 is 5.32 Å². The Morgan fingerprint density at radius 2 is 2.05 bits per heavy atom. The fourth-order valence-corrected chi connectivity index (χ4v) is 2.34. The van der Waals surface area contributed by atoms with Gasteiger partial charge in [-0.3, -0.25) is 4.40 Å². The number of aliphatic hydroxyl groups excluding tert-OH is 1. The van der Waals surface area contributed by atoms with Crippen molar-refractivity contribution in [3.05, 3.63) is 65.2 Å². The third-order valence-electron chi connectivity index (χ3n) is 3.35. The normalized spacial score (nSPS) is 12.7. The maximum Gasteiger partial charge on any atom is 0.233 e. The van der Waals surface area contributed by atoms with Crippen molar-refractivity contribution in [1.82, 2.24) is 19.7 Å². The lowest BCUT2D eigenvalue weighted by Gasteiger charge is -2.16. The summed E-state index contributed by atoms with van der Waals surface area (Å²) in [5.41, 5.74) is 1.99. The molecule has 0 aliphatic heterocycles. The Hall–Kier alpha value is -1.95. The highest BCUT2D eigenvalue weighted by Gasteiger charge is 2.11. The van der Waals surface area contributed by atoms with E-state index >= 15 is 0 Å². The molecule has 2 heterocycles. The lowest BCUT2D eigenvalue weighted by atomic mass is 10.1. The van der Waals surface area contributed by atoms with Gasteiger partial charge >= 0.3 is 0 Å². The summed E-state index contributed by atoms with van der Waals surface area (Å²) in [6.45, 7) is 0.595. The van der Waals surface area contributed by atoms with Gasteiger partial charge in [-0.1, -0.05) is 23.7 Å². The number of rotatable bonds is 5. The molecule has 108 valence electrons. The first-order valence-corrected chi connectivity index (χ1v) is 7.02. The van der Waals surface area contributed by atoms with E-state index in [2.05, 4.69) is 15.3 Å². The Labute approximate surface area is 127 Å². The van der Waals surface area contributed by atoms with Gasteiger partial charge in [0.05, 0.1) is 24.5 Å². The molecule has 2 aromatic heterocycles. The fourth-order valence-electron chi connectivity index (χ4n) is 2.22. The van der Waals surface area contributed by atoms with E-state index < -0.39 is 0 Å². The largest absolute Gasteiger partial charge is 0.394 e. The van der Waals surface area contributed by atoms with Gasteiger partial charge in [-0.05, 0) is 23.8 Å². The van der Waals surface area contributed by atoms with E-state index in [1.807, 2.05) is 40.9 Å². The number of benzene rings is 1. The van der Waals surface area contributed by atoms with Crippen LogP contribution in [-0.2, 0) is 6.54 Å². The molecule has 3 aromatic rings. The minimum Gasteiger partial charge on any atom is -0.394 e. The van der Waals surface area contributed by atoms with Crippen LogP contribution >= 0.6 is 11.6 Å². The summed E-state index contributed by atoms with van der Waals surface area (Å²) in [5.74, 6) is 0.668. The van der Waals surface area contributed by atoms with Gasteiger partial charge < -0.3 is 10.4 Å². The topological polar surface area (TPSA) is 62.5 Å². The molecule has 1 aromatic carbocycles. The number of imidazole rings is 1. The van der Waals surface area contributed by atoms with Gasteiger partial charge in [-0.25, -0.2) is 9.97 Å². The lowest BCUT2D eigenvalue weighted by Crippen LogP contribution is -2.24. The average molecular weight is 303 g/mol. The van der Waals surface area contributed by atoms with Crippen molar-refractivity contribution in [2.24, 2.45) is 0 Å². The van der Waals surface area contributed by atoms with Gasteiger partial charge in [0.1, 0.15) is 0 Å². The molecule has 5 nitrogen and oxygen atoms in total. The summed E-state index contributed by atoms with van der Waals surface area (Å²) in [6, 6.07) is 9.17. The van der Waals surface area contributed by atoms with Crippen molar-refractivity contribution in [1.29, 1.82) is 0 Å². The Bertz CT molecular complexity index is 726. The SMILES string of the molecule is OCC(NCc1cnc2ncccn12)c1ccc(Cl)cc1. The van der Waals surface area contributed by atoms with E-state index in [0.29, 0.717) is 17.3 Å². The van der Waals surface area contributed by atoms with Crippen LogP contribution in [0.4, 0.5) is 0 Å². The van der Waals surface area contributed by atoms with E-state index in [9.17, 15) is 5.11 Å². The van der Waals surface area contributed by atoms with Gasteiger partial charge in [0.2, 0.25) is 5.78 Å². The Kier molecular flexibility index (Phi) is 4.15. The molecule has 3 rings (SSSR count). The molecule has 0 aliphatic carbocycles. The molecule has 0 spiro atoms. The van der Waals surface area contributed by atoms with E-state index in [1.165, 1.54) is 0 Å². The minimum atomic E-state index is -0.149. The van der Waals surface area contributed by atoms with Crippen molar-refractivity contribution >= 4 is 17.4 Å². The third kappa shape index (κ3) is 3.05. The van der Waals surface area contributed by atoms with E-state index in [4.69, 9.17) is 11.6 Å². The molecule has 1 unspecified atom stereocenters. The van der Waals surface area contributed by atoms with Crippen LogP contribution in [0, 0.1) is 0 Å². The Morgan fingerprint density at radius 3 is 2.81 bits per heavy atom. The van der Waals surface area contributed by atoms with Crippen molar-refractivity contribution in [2.75, 3.05) is 6.61 Å².